The Morgan fingerprint density at radius 3 is 2.63 bits per heavy atom. The van der Waals surface area contributed by atoms with Crippen LogP contribution in [-0.4, -0.2) is 22.4 Å². The predicted octanol–water partition coefficient (Wildman–Crippen LogP) is 4.23. The minimum atomic E-state index is -3.85. The summed E-state index contributed by atoms with van der Waals surface area (Å²) >= 11 is 7.10. The van der Waals surface area contributed by atoms with Gasteiger partial charge in [0, 0.05) is 23.3 Å². The van der Waals surface area contributed by atoms with Crippen LogP contribution in [0.5, 0.6) is 0 Å². The van der Waals surface area contributed by atoms with E-state index in [0.717, 1.165) is 20.9 Å². The number of aryl methyl sites for hydroxylation is 1. The number of hydrogen-bond donors (Lipinski definition) is 0. The fraction of sp³-hybridized carbons (Fsp3) is 0.0556. The van der Waals surface area contributed by atoms with E-state index in [1.807, 2.05) is 13.0 Å². The highest BCUT2D eigenvalue weighted by Crippen LogP contribution is 2.36. The fourth-order valence-corrected chi connectivity index (χ4v) is 5.09. The lowest BCUT2D eigenvalue weighted by Gasteiger charge is -2.07. The highest BCUT2D eigenvalue weighted by atomic mass is 35.5. The number of nitrogens with zero attached hydrogens (tertiary/aromatic N) is 4. The summed E-state index contributed by atoms with van der Waals surface area (Å²) in [6.45, 7) is 1.89. The first-order valence-electron chi connectivity index (χ1n) is 7.77. The standard InChI is InChI=1S/C18H11ClN4O2S2/c1-11-4-6-12(7-5-11)27(24,25)23-10-14(13-3-2-8-21-17(13)23)18-22-16(19)15(9-20)26-18/h2-8,10H,1H3. The molecule has 0 spiro atoms. The second kappa shape index (κ2) is 6.46. The van der Waals surface area contributed by atoms with Crippen LogP contribution < -0.4 is 0 Å². The van der Waals surface area contributed by atoms with Crippen LogP contribution in [0.1, 0.15) is 10.4 Å². The van der Waals surface area contributed by atoms with Gasteiger partial charge in [-0.25, -0.2) is 22.4 Å². The number of nitriles is 1. The van der Waals surface area contributed by atoms with Crippen molar-refractivity contribution in [2.24, 2.45) is 0 Å². The van der Waals surface area contributed by atoms with Gasteiger partial charge in [0.1, 0.15) is 16.0 Å². The van der Waals surface area contributed by atoms with E-state index in [4.69, 9.17) is 16.9 Å². The highest BCUT2D eigenvalue weighted by Gasteiger charge is 2.24. The monoisotopic (exact) mass is 414 g/mol. The molecule has 0 unspecified atom stereocenters. The minimum Gasteiger partial charge on any atom is -0.237 e. The van der Waals surface area contributed by atoms with Gasteiger partial charge in [-0.15, -0.1) is 11.3 Å². The molecule has 0 saturated heterocycles. The number of rotatable bonds is 3. The first kappa shape index (κ1) is 17.7. The Balaban J connectivity index is 1.98. The molecule has 0 saturated carbocycles. The zero-order chi connectivity index (χ0) is 19.2. The van der Waals surface area contributed by atoms with Crippen LogP contribution in [0.4, 0.5) is 0 Å². The number of fused-ring (bicyclic) bond motifs is 1. The summed E-state index contributed by atoms with van der Waals surface area (Å²) in [5.41, 5.74) is 1.81. The van der Waals surface area contributed by atoms with Gasteiger partial charge in [-0.3, -0.25) is 0 Å². The van der Waals surface area contributed by atoms with E-state index in [0.29, 0.717) is 16.0 Å². The van der Waals surface area contributed by atoms with Crippen LogP contribution in [0.2, 0.25) is 5.15 Å². The summed E-state index contributed by atoms with van der Waals surface area (Å²) in [5, 5.41) is 10.3. The van der Waals surface area contributed by atoms with Crippen molar-refractivity contribution in [2.45, 2.75) is 11.8 Å². The van der Waals surface area contributed by atoms with Crippen LogP contribution in [0.25, 0.3) is 21.6 Å². The van der Waals surface area contributed by atoms with Gasteiger partial charge in [-0.2, -0.15) is 5.26 Å². The van der Waals surface area contributed by atoms with Gasteiger partial charge in [-0.1, -0.05) is 29.3 Å². The lowest BCUT2D eigenvalue weighted by Crippen LogP contribution is -2.12. The van der Waals surface area contributed by atoms with Crippen molar-refractivity contribution >= 4 is 44.0 Å². The Kier molecular flexibility index (Phi) is 4.23. The maximum Gasteiger partial charge on any atom is 0.269 e. The van der Waals surface area contributed by atoms with Gasteiger partial charge in [0.25, 0.3) is 10.0 Å². The topological polar surface area (TPSA) is 88.6 Å². The fourth-order valence-electron chi connectivity index (χ4n) is 2.69. The zero-order valence-electron chi connectivity index (χ0n) is 13.9. The summed E-state index contributed by atoms with van der Waals surface area (Å²) in [6.07, 6.45) is 3.01. The number of thiazole rings is 1. The number of pyridine rings is 1. The molecule has 0 bridgehead atoms. The quantitative estimate of drug-likeness (QED) is 0.500. The first-order valence-corrected chi connectivity index (χ1v) is 10.4. The lowest BCUT2D eigenvalue weighted by molar-refractivity contribution is 0.589. The van der Waals surface area contributed by atoms with Crippen molar-refractivity contribution in [3.63, 3.8) is 0 Å². The molecular weight excluding hydrogens is 404 g/mol. The molecule has 0 aliphatic rings. The zero-order valence-corrected chi connectivity index (χ0v) is 16.3. The van der Waals surface area contributed by atoms with E-state index < -0.39 is 10.0 Å². The molecule has 3 aromatic heterocycles. The van der Waals surface area contributed by atoms with Gasteiger partial charge in [0.15, 0.2) is 10.8 Å². The van der Waals surface area contributed by atoms with Gasteiger partial charge >= 0.3 is 0 Å². The van der Waals surface area contributed by atoms with Gasteiger partial charge < -0.3 is 0 Å². The molecule has 0 N–H and O–H groups in total. The smallest absolute Gasteiger partial charge is 0.237 e. The van der Waals surface area contributed by atoms with E-state index in [9.17, 15) is 8.42 Å². The summed E-state index contributed by atoms with van der Waals surface area (Å²) in [5.74, 6) is 0. The summed E-state index contributed by atoms with van der Waals surface area (Å²) in [4.78, 5) is 8.90. The van der Waals surface area contributed by atoms with E-state index in [2.05, 4.69) is 9.97 Å². The van der Waals surface area contributed by atoms with Crippen LogP contribution >= 0.6 is 22.9 Å². The molecule has 0 radical (unpaired) electrons. The van der Waals surface area contributed by atoms with Crippen molar-refractivity contribution < 1.29 is 8.42 Å². The molecule has 4 aromatic rings. The Morgan fingerprint density at radius 2 is 1.96 bits per heavy atom. The third-order valence-electron chi connectivity index (χ3n) is 4.03. The Morgan fingerprint density at radius 1 is 1.22 bits per heavy atom. The highest BCUT2D eigenvalue weighted by molar-refractivity contribution is 7.90. The molecule has 3 heterocycles. The van der Waals surface area contributed by atoms with Crippen LogP contribution in [0, 0.1) is 18.3 Å². The van der Waals surface area contributed by atoms with Crippen molar-refractivity contribution in [2.75, 3.05) is 0 Å². The number of halogens is 1. The number of hydrogen-bond acceptors (Lipinski definition) is 6. The maximum absolute atomic E-state index is 13.2. The Bertz CT molecular complexity index is 1320. The predicted molar refractivity (Wildman–Crippen MR) is 104 cm³/mol. The molecule has 0 aliphatic carbocycles. The minimum absolute atomic E-state index is 0.101. The molecule has 27 heavy (non-hydrogen) atoms. The summed E-state index contributed by atoms with van der Waals surface area (Å²) in [6, 6.07) is 12.1. The number of benzene rings is 1. The third-order valence-corrected chi connectivity index (χ3v) is 7.07. The Labute approximate surface area is 164 Å². The van der Waals surface area contributed by atoms with Gasteiger partial charge in [0.05, 0.1) is 4.90 Å². The summed E-state index contributed by atoms with van der Waals surface area (Å²) in [7, 11) is -3.85. The molecule has 9 heteroatoms. The molecule has 0 aliphatic heterocycles. The van der Waals surface area contributed by atoms with Crippen molar-refractivity contribution in [1.82, 2.24) is 13.9 Å². The molecular formula is C18H11ClN4O2S2. The van der Waals surface area contributed by atoms with E-state index in [1.54, 1.807) is 36.4 Å². The van der Waals surface area contributed by atoms with Gasteiger partial charge in [0.2, 0.25) is 0 Å². The molecule has 134 valence electrons. The Hall–Kier alpha value is -2.73. The van der Waals surface area contributed by atoms with E-state index in [1.165, 1.54) is 12.4 Å². The number of aromatic nitrogens is 3. The largest absolute Gasteiger partial charge is 0.269 e. The SMILES string of the molecule is Cc1ccc(S(=O)(=O)n2cc(-c3nc(Cl)c(C#N)s3)c3cccnc32)cc1. The molecule has 4 rings (SSSR count). The van der Waals surface area contributed by atoms with Crippen molar-refractivity contribution in [3.05, 3.63) is 64.4 Å². The second-order valence-electron chi connectivity index (χ2n) is 5.78. The normalized spacial score (nSPS) is 11.6. The average Bonchev–Trinajstić information content (AvgIpc) is 3.23. The third kappa shape index (κ3) is 2.90. The summed E-state index contributed by atoms with van der Waals surface area (Å²) < 4.78 is 27.5. The van der Waals surface area contributed by atoms with Crippen molar-refractivity contribution in [3.8, 4) is 16.6 Å². The molecule has 6 nitrogen and oxygen atoms in total. The van der Waals surface area contributed by atoms with Crippen molar-refractivity contribution in [1.29, 1.82) is 5.26 Å². The second-order valence-corrected chi connectivity index (χ2v) is 8.95. The molecule has 1 aromatic carbocycles. The molecule has 0 atom stereocenters. The van der Waals surface area contributed by atoms with Crippen LogP contribution in [0.15, 0.2) is 53.7 Å². The van der Waals surface area contributed by atoms with Crippen LogP contribution in [0.3, 0.4) is 0 Å². The molecule has 0 amide bonds. The molecule has 0 fully saturated rings. The van der Waals surface area contributed by atoms with Gasteiger partial charge in [-0.05, 0) is 31.2 Å². The lowest BCUT2D eigenvalue weighted by atomic mass is 10.2. The first-order chi connectivity index (χ1) is 12.9. The maximum atomic E-state index is 13.2. The van der Waals surface area contributed by atoms with E-state index in [-0.39, 0.29) is 20.6 Å². The average molecular weight is 415 g/mol. The van der Waals surface area contributed by atoms with E-state index >= 15 is 0 Å². The van der Waals surface area contributed by atoms with Crippen LogP contribution in [-0.2, 0) is 10.0 Å².